The Balaban J connectivity index is 1.53. The number of rotatable bonds is 4. The molecule has 1 aliphatic heterocycles. The lowest BCUT2D eigenvalue weighted by molar-refractivity contribution is 0.0883. The van der Waals surface area contributed by atoms with Gasteiger partial charge >= 0.3 is 6.03 Å². The average molecular weight is 344 g/mol. The summed E-state index contributed by atoms with van der Waals surface area (Å²) in [5.41, 5.74) is 1.13. The number of anilines is 1. The molecule has 5 nitrogen and oxygen atoms in total. The fourth-order valence-corrected chi connectivity index (χ4v) is 2.75. The van der Waals surface area contributed by atoms with Crippen LogP contribution < -0.4 is 10.1 Å². The van der Waals surface area contributed by atoms with Gasteiger partial charge < -0.3 is 20.1 Å². The molecule has 1 heterocycles. The summed E-state index contributed by atoms with van der Waals surface area (Å²) >= 11 is 0. The number of benzene rings is 2. The number of carbonyl (C=O) groups excluding carboxylic acids is 1. The summed E-state index contributed by atoms with van der Waals surface area (Å²) in [6.07, 6.45) is 1.09. The molecule has 0 spiro atoms. The van der Waals surface area contributed by atoms with Gasteiger partial charge in [-0.15, -0.1) is 0 Å². The Kier molecular flexibility index (Phi) is 5.50. The highest BCUT2D eigenvalue weighted by Gasteiger charge is 2.21. The topological polar surface area (TPSA) is 61.8 Å². The number of nitrogens with zero attached hydrogens (tertiary/aromatic N) is 1. The lowest BCUT2D eigenvalue weighted by atomic mass is 10.1. The molecule has 0 aromatic heterocycles. The number of aliphatic hydroxyl groups excluding tert-OH is 1. The van der Waals surface area contributed by atoms with Crippen LogP contribution in [0.4, 0.5) is 14.9 Å². The summed E-state index contributed by atoms with van der Waals surface area (Å²) in [6.45, 7) is 1.15. The maximum absolute atomic E-state index is 13.6. The molecule has 1 unspecified atom stereocenters. The molecule has 1 fully saturated rings. The molecule has 0 radical (unpaired) electrons. The molecule has 1 atom stereocenters. The van der Waals surface area contributed by atoms with Crippen LogP contribution in [0.15, 0.2) is 48.5 Å². The van der Waals surface area contributed by atoms with Crippen molar-refractivity contribution in [2.45, 2.75) is 25.6 Å². The summed E-state index contributed by atoms with van der Waals surface area (Å²) in [7, 11) is 0. The van der Waals surface area contributed by atoms with Crippen LogP contribution in [0.25, 0.3) is 0 Å². The summed E-state index contributed by atoms with van der Waals surface area (Å²) in [5, 5.41) is 12.4. The SMILES string of the molecule is O=C(Nc1ccc(OCc2ccccc2F)cc1)N1CCCC(O)C1. The molecule has 0 saturated carbocycles. The molecule has 2 N–H and O–H groups in total. The highest BCUT2D eigenvalue weighted by Crippen LogP contribution is 2.19. The van der Waals surface area contributed by atoms with Gasteiger partial charge in [-0.25, -0.2) is 9.18 Å². The zero-order valence-corrected chi connectivity index (χ0v) is 13.8. The van der Waals surface area contributed by atoms with Crippen molar-refractivity contribution >= 4 is 11.7 Å². The van der Waals surface area contributed by atoms with Gasteiger partial charge in [0.25, 0.3) is 0 Å². The molecule has 3 rings (SSSR count). The molecule has 132 valence electrons. The molecule has 0 aliphatic carbocycles. The minimum atomic E-state index is -0.450. The van der Waals surface area contributed by atoms with E-state index in [0.29, 0.717) is 30.1 Å². The normalized spacial score (nSPS) is 17.2. The second-order valence-corrected chi connectivity index (χ2v) is 6.08. The second-order valence-electron chi connectivity index (χ2n) is 6.08. The van der Waals surface area contributed by atoms with E-state index < -0.39 is 6.10 Å². The zero-order valence-electron chi connectivity index (χ0n) is 13.8. The number of aliphatic hydroxyl groups is 1. The maximum Gasteiger partial charge on any atom is 0.321 e. The molecule has 1 saturated heterocycles. The predicted molar refractivity (Wildman–Crippen MR) is 93.0 cm³/mol. The Hall–Kier alpha value is -2.60. The highest BCUT2D eigenvalue weighted by molar-refractivity contribution is 5.89. The average Bonchev–Trinajstić information content (AvgIpc) is 2.62. The van der Waals surface area contributed by atoms with Crippen LogP contribution in [-0.4, -0.2) is 35.2 Å². The van der Waals surface area contributed by atoms with Gasteiger partial charge in [-0.2, -0.15) is 0 Å². The molecule has 25 heavy (non-hydrogen) atoms. The fraction of sp³-hybridized carbons (Fsp3) is 0.316. The van der Waals surface area contributed by atoms with Gasteiger partial charge in [0.2, 0.25) is 0 Å². The van der Waals surface area contributed by atoms with E-state index in [2.05, 4.69) is 5.32 Å². The van der Waals surface area contributed by atoms with Gasteiger partial charge in [-0.05, 0) is 43.2 Å². The van der Waals surface area contributed by atoms with Gasteiger partial charge in [0.05, 0.1) is 6.10 Å². The van der Waals surface area contributed by atoms with Crippen molar-refractivity contribution < 1.29 is 19.0 Å². The lowest BCUT2D eigenvalue weighted by Crippen LogP contribution is -2.44. The highest BCUT2D eigenvalue weighted by atomic mass is 19.1. The number of likely N-dealkylation sites (tertiary alicyclic amines) is 1. The number of hydrogen-bond acceptors (Lipinski definition) is 3. The van der Waals surface area contributed by atoms with E-state index >= 15 is 0 Å². The van der Waals surface area contributed by atoms with E-state index in [4.69, 9.17) is 4.74 Å². The minimum Gasteiger partial charge on any atom is -0.489 e. The van der Waals surface area contributed by atoms with Crippen LogP contribution in [0, 0.1) is 5.82 Å². The number of β-amino-alcohol motifs (C(OH)–C–C–N with tert-alkyl or cyclic N) is 1. The van der Waals surface area contributed by atoms with Gasteiger partial charge in [0.1, 0.15) is 18.2 Å². The number of carbonyl (C=O) groups is 1. The first kappa shape index (κ1) is 17.2. The molecule has 0 bridgehead atoms. The fourth-order valence-electron chi connectivity index (χ4n) is 2.75. The van der Waals surface area contributed by atoms with Gasteiger partial charge in [0, 0.05) is 24.3 Å². The quantitative estimate of drug-likeness (QED) is 0.894. The standard InChI is InChI=1S/C19H21FN2O3/c20-18-6-2-1-4-14(18)13-25-17-9-7-15(8-10-17)21-19(24)22-11-3-5-16(23)12-22/h1-2,4,6-10,16,23H,3,5,11-13H2,(H,21,24). The van der Waals surface area contributed by atoms with E-state index in [1.165, 1.54) is 6.07 Å². The van der Waals surface area contributed by atoms with Crippen molar-refractivity contribution in [1.29, 1.82) is 0 Å². The molecule has 2 amide bonds. The Bertz CT molecular complexity index is 721. The number of hydrogen-bond donors (Lipinski definition) is 2. The summed E-state index contributed by atoms with van der Waals surface area (Å²) in [5.74, 6) is 0.296. The van der Waals surface area contributed by atoms with E-state index in [9.17, 15) is 14.3 Å². The number of ether oxygens (including phenoxy) is 1. The van der Waals surface area contributed by atoms with E-state index in [-0.39, 0.29) is 18.5 Å². The molecule has 1 aliphatic rings. The Morgan fingerprint density at radius 1 is 1.24 bits per heavy atom. The van der Waals surface area contributed by atoms with Crippen LogP contribution in [0.1, 0.15) is 18.4 Å². The molecular formula is C19H21FN2O3. The van der Waals surface area contributed by atoms with Gasteiger partial charge in [-0.3, -0.25) is 0 Å². The van der Waals surface area contributed by atoms with Crippen molar-refractivity contribution in [3.63, 3.8) is 0 Å². The Labute approximate surface area is 146 Å². The number of urea groups is 1. The van der Waals surface area contributed by atoms with Crippen LogP contribution in [0.2, 0.25) is 0 Å². The van der Waals surface area contributed by atoms with Crippen molar-refractivity contribution in [2.24, 2.45) is 0 Å². The van der Waals surface area contributed by atoms with Crippen LogP contribution in [0.3, 0.4) is 0 Å². The largest absolute Gasteiger partial charge is 0.489 e. The predicted octanol–water partition coefficient (Wildman–Crippen LogP) is 3.39. The molecular weight excluding hydrogens is 323 g/mol. The Morgan fingerprint density at radius 2 is 2.00 bits per heavy atom. The van der Waals surface area contributed by atoms with Gasteiger partial charge in [-0.1, -0.05) is 18.2 Å². The monoisotopic (exact) mass is 344 g/mol. The van der Waals surface area contributed by atoms with Crippen molar-refractivity contribution in [2.75, 3.05) is 18.4 Å². The van der Waals surface area contributed by atoms with Crippen LogP contribution in [0.5, 0.6) is 5.75 Å². The number of piperidine rings is 1. The number of nitrogens with one attached hydrogen (secondary N) is 1. The molecule has 2 aromatic carbocycles. The lowest BCUT2D eigenvalue weighted by Gasteiger charge is -2.30. The zero-order chi connectivity index (χ0) is 17.6. The minimum absolute atomic E-state index is 0.143. The van der Waals surface area contributed by atoms with Crippen LogP contribution in [-0.2, 0) is 6.61 Å². The van der Waals surface area contributed by atoms with Crippen molar-refractivity contribution in [3.05, 3.63) is 59.9 Å². The third-order valence-corrected chi connectivity index (χ3v) is 4.14. The second kappa shape index (κ2) is 7.98. The maximum atomic E-state index is 13.6. The van der Waals surface area contributed by atoms with E-state index in [1.807, 2.05) is 0 Å². The molecule has 2 aromatic rings. The first-order valence-corrected chi connectivity index (χ1v) is 8.32. The van der Waals surface area contributed by atoms with E-state index in [1.54, 1.807) is 47.4 Å². The summed E-state index contributed by atoms with van der Waals surface area (Å²) in [6, 6.07) is 13.2. The van der Waals surface area contributed by atoms with E-state index in [0.717, 1.165) is 12.8 Å². The third-order valence-electron chi connectivity index (χ3n) is 4.14. The first-order valence-electron chi connectivity index (χ1n) is 8.32. The first-order chi connectivity index (χ1) is 12.1. The van der Waals surface area contributed by atoms with Gasteiger partial charge in [0.15, 0.2) is 0 Å². The summed E-state index contributed by atoms with van der Waals surface area (Å²) in [4.78, 5) is 13.8. The Morgan fingerprint density at radius 3 is 2.72 bits per heavy atom. The molecule has 6 heteroatoms. The third kappa shape index (κ3) is 4.70. The number of amides is 2. The number of halogens is 1. The smallest absolute Gasteiger partial charge is 0.321 e. The summed E-state index contributed by atoms with van der Waals surface area (Å²) < 4.78 is 19.1. The van der Waals surface area contributed by atoms with Crippen molar-refractivity contribution in [3.8, 4) is 5.75 Å². The van der Waals surface area contributed by atoms with Crippen molar-refractivity contribution in [1.82, 2.24) is 4.90 Å². The van der Waals surface area contributed by atoms with Crippen LogP contribution >= 0.6 is 0 Å².